The quantitative estimate of drug-likeness (QED) is 0.532. The fraction of sp³-hybridized carbons (Fsp3) is 0.125. The van der Waals surface area contributed by atoms with Crippen LogP contribution in [-0.4, -0.2) is 42.4 Å². The molecule has 0 aliphatic carbocycles. The minimum Gasteiger partial charge on any atom is -0.306 e. The van der Waals surface area contributed by atoms with Crippen LogP contribution < -0.4 is 10.6 Å². The highest BCUT2D eigenvalue weighted by Crippen LogP contribution is 2.34. The van der Waals surface area contributed by atoms with Crippen LogP contribution in [0, 0.1) is 0 Å². The van der Waals surface area contributed by atoms with Gasteiger partial charge in [-0.3, -0.25) is 9.59 Å². The molecule has 0 aliphatic rings. The van der Waals surface area contributed by atoms with E-state index < -0.39 is 0 Å². The number of para-hydroxylation sites is 2. The predicted molar refractivity (Wildman–Crippen MR) is 94.7 cm³/mol. The van der Waals surface area contributed by atoms with Crippen LogP contribution in [0.25, 0.3) is 33.8 Å². The summed E-state index contributed by atoms with van der Waals surface area (Å²) < 4.78 is 9.54. The molecule has 0 bridgehead atoms. The first kappa shape index (κ1) is 17.2. The van der Waals surface area contributed by atoms with Gasteiger partial charge in [0.05, 0.1) is 11.0 Å². The lowest BCUT2D eigenvalue weighted by Crippen LogP contribution is -2.09. The van der Waals surface area contributed by atoms with Gasteiger partial charge in [0.25, 0.3) is 0 Å². The van der Waals surface area contributed by atoms with Crippen molar-refractivity contribution in [1.82, 2.24) is 30.6 Å². The van der Waals surface area contributed by atoms with Gasteiger partial charge in [0.15, 0.2) is 11.4 Å². The SMILES string of the molecule is CC(=O)Nc1nonc1-c1nc2ccccc2nc1-c1nonc1NC(C)=O. The molecule has 3 aromatic heterocycles. The average Bonchev–Trinajstić information content (AvgIpc) is 3.29. The number of aromatic nitrogens is 6. The summed E-state index contributed by atoms with van der Waals surface area (Å²) in [6.45, 7) is 2.64. The molecule has 1 aromatic carbocycles. The van der Waals surface area contributed by atoms with E-state index in [1.807, 2.05) is 0 Å². The molecule has 4 rings (SSSR count). The molecule has 140 valence electrons. The number of benzene rings is 1. The van der Waals surface area contributed by atoms with Crippen molar-refractivity contribution in [2.24, 2.45) is 0 Å². The minimum absolute atomic E-state index is 0.0656. The molecule has 0 unspecified atom stereocenters. The predicted octanol–water partition coefficient (Wildman–Crippen LogP) is 1.65. The highest BCUT2D eigenvalue weighted by molar-refractivity contribution is 5.96. The van der Waals surface area contributed by atoms with Crippen LogP contribution in [0.15, 0.2) is 33.5 Å². The molecule has 12 heteroatoms. The first-order valence-electron chi connectivity index (χ1n) is 8.00. The van der Waals surface area contributed by atoms with Gasteiger partial charge < -0.3 is 10.6 Å². The maximum Gasteiger partial charge on any atom is 0.222 e. The lowest BCUT2D eigenvalue weighted by Gasteiger charge is -2.07. The standard InChI is InChI=1S/C16H12N8O4/c1-7(25)17-15-13(21-27-23-15)11-12(14-16(18-8(2)26)24-28-22-14)20-10-6-4-3-5-9(10)19-11/h3-6H,1-2H3,(H,17,23,25)(H,18,24,26). The summed E-state index contributed by atoms with van der Waals surface area (Å²) in [5.41, 5.74) is 1.84. The first-order valence-corrected chi connectivity index (χ1v) is 8.00. The van der Waals surface area contributed by atoms with E-state index in [0.29, 0.717) is 11.0 Å². The molecule has 12 nitrogen and oxygen atoms in total. The molecule has 0 fully saturated rings. The summed E-state index contributed by atoms with van der Waals surface area (Å²) in [6.07, 6.45) is 0. The number of rotatable bonds is 4. The largest absolute Gasteiger partial charge is 0.306 e. The fourth-order valence-corrected chi connectivity index (χ4v) is 2.52. The van der Waals surface area contributed by atoms with Crippen LogP contribution in [-0.2, 0) is 9.59 Å². The van der Waals surface area contributed by atoms with Gasteiger partial charge >= 0.3 is 0 Å². The Hall–Kier alpha value is -4.22. The van der Waals surface area contributed by atoms with E-state index in [2.05, 4.69) is 41.2 Å². The van der Waals surface area contributed by atoms with Crippen LogP contribution in [0.1, 0.15) is 13.8 Å². The van der Waals surface area contributed by atoms with Crippen molar-refractivity contribution >= 4 is 34.5 Å². The number of amides is 2. The molecule has 2 N–H and O–H groups in total. The molecule has 4 aromatic rings. The van der Waals surface area contributed by atoms with E-state index in [4.69, 9.17) is 9.26 Å². The zero-order valence-corrected chi connectivity index (χ0v) is 14.6. The maximum absolute atomic E-state index is 11.5. The molecule has 28 heavy (non-hydrogen) atoms. The number of hydrogen-bond donors (Lipinski definition) is 2. The molecule has 0 saturated heterocycles. The number of nitrogens with zero attached hydrogens (tertiary/aromatic N) is 6. The van der Waals surface area contributed by atoms with E-state index in [1.165, 1.54) is 13.8 Å². The Labute approximate surface area is 156 Å². The van der Waals surface area contributed by atoms with Crippen molar-refractivity contribution in [2.45, 2.75) is 13.8 Å². The third kappa shape index (κ3) is 3.13. The van der Waals surface area contributed by atoms with E-state index in [9.17, 15) is 9.59 Å². The summed E-state index contributed by atoms with van der Waals surface area (Å²) >= 11 is 0. The van der Waals surface area contributed by atoms with Gasteiger partial charge in [0.2, 0.25) is 23.5 Å². The summed E-state index contributed by atoms with van der Waals surface area (Å²) in [5.74, 6) is -0.602. The van der Waals surface area contributed by atoms with E-state index in [-0.39, 0.29) is 46.2 Å². The van der Waals surface area contributed by atoms with Crippen molar-refractivity contribution in [1.29, 1.82) is 0 Å². The Morgan fingerprint density at radius 3 is 1.54 bits per heavy atom. The Bertz CT molecular complexity index is 1110. The molecule has 0 atom stereocenters. The lowest BCUT2D eigenvalue weighted by molar-refractivity contribution is -0.115. The lowest BCUT2D eigenvalue weighted by atomic mass is 10.1. The number of carbonyl (C=O) groups excluding carboxylic acids is 2. The first-order chi connectivity index (χ1) is 13.5. The van der Waals surface area contributed by atoms with Gasteiger partial charge in [-0.05, 0) is 32.8 Å². The van der Waals surface area contributed by atoms with Crippen LogP contribution in [0.4, 0.5) is 11.6 Å². The Kier molecular flexibility index (Phi) is 4.20. The van der Waals surface area contributed by atoms with Gasteiger partial charge in [-0.2, -0.15) is 0 Å². The number of fused-ring (bicyclic) bond motifs is 1. The van der Waals surface area contributed by atoms with Gasteiger partial charge in [0, 0.05) is 13.8 Å². The highest BCUT2D eigenvalue weighted by atomic mass is 16.6. The molecule has 2 amide bonds. The summed E-state index contributed by atoms with van der Waals surface area (Å²) in [6, 6.07) is 7.13. The number of nitrogens with one attached hydrogen (secondary N) is 2. The molecule has 0 aliphatic heterocycles. The normalized spacial score (nSPS) is 10.8. The van der Waals surface area contributed by atoms with Crippen LogP contribution in [0.3, 0.4) is 0 Å². The van der Waals surface area contributed by atoms with Crippen LogP contribution in [0.5, 0.6) is 0 Å². The van der Waals surface area contributed by atoms with E-state index in [0.717, 1.165) is 0 Å². The zero-order chi connectivity index (χ0) is 19.7. The fourth-order valence-electron chi connectivity index (χ4n) is 2.52. The summed E-state index contributed by atoms with van der Waals surface area (Å²) in [7, 11) is 0. The molecule has 0 radical (unpaired) electrons. The van der Waals surface area contributed by atoms with Crippen molar-refractivity contribution in [3.05, 3.63) is 24.3 Å². The van der Waals surface area contributed by atoms with Crippen molar-refractivity contribution in [3.8, 4) is 22.8 Å². The third-order valence-corrected chi connectivity index (χ3v) is 3.59. The van der Waals surface area contributed by atoms with Gasteiger partial charge in [-0.15, -0.1) is 0 Å². The zero-order valence-electron chi connectivity index (χ0n) is 14.6. The van der Waals surface area contributed by atoms with E-state index >= 15 is 0 Å². The molecular formula is C16H12N8O4. The Morgan fingerprint density at radius 2 is 1.14 bits per heavy atom. The second-order valence-electron chi connectivity index (χ2n) is 5.69. The molecule has 3 heterocycles. The Morgan fingerprint density at radius 1 is 0.714 bits per heavy atom. The molecule has 0 saturated carbocycles. The highest BCUT2D eigenvalue weighted by Gasteiger charge is 2.26. The van der Waals surface area contributed by atoms with Crippen molar-refractivity contribution in [2.75, 3.05) is 10.6 Å². The topological polar surface area (TPSA) is 162 Å². The number of anilines is 2. The van der Waals surface area contributed by atoms with Crippen molar-refractivity contribution in [3.63, 3.8) is 0 Å². The molecular weight excluding hydrogens is 368 g/mol. The minimum atomic E-state index is -0.366. The van der Waals surface area contributed by atoms with Gasteiger partial charge in [-0.25, -0.2) is 19.2 Å². The third-order valence-electron chi connectivity index (χ3n) is 3.59. The Balaban J connectivity index is 1.97. The summed E-state index contributed by atoms with van der Waals surface area (Å²) in [4.78, 5) is 32.0. The molecule has 0 spiro atoms. The number of carbonyl (C=O) groups is 2. The van der Waals surface area contributed by atoms with Crippen LogP contribution in [0.2, 0.25) is 0 Å². The smallest absolute Gasteiger partial charge is 0.222 e. The maximum atomic E-state index is 11.5. The van der Waals surface area contributed by atoms with Crippen molar-refractivity contribution < 1.29 is 18.8 Å². The second-order valence-corrected chi connectivity index (χ2v) is 5.69. The van der Waals surface area contributed by atoms with Gasteiger partial charge in [-0.1, -0.05) is 12.1 Å². The average molecular weight is 380 g/mol. The number of hydrogen-bond acceptors (Lipinski definition) is 10. The van der Waals surface area contributed by atoms with Crippen LogP contribution >= 0.6 is 0 Å². The van der Waals surface area contributed by atoms with Gasteiger partial charge in [0.1, 0.15) is 11.4 Å². The van der Waals surface area contributed by atoms with E-state index in [1.54, 1.807) is 24.3 Å². The summed E-state index contributed by atoms with van der Waals surface area (Å²) in [5, 5.41) is 20.1. The second kappa shape index (κ2) is 6.83. The monoisotopic (exact) mass is 380 g/mol.